The maximum absolute atomic E-state index is 12.4. The zero-order chi connectivity index (χ0) is 21.5. The molecule has 0 spiro atoms. The number of hydrogen-bond acceptors (Lipinski definition) is 5. The number of nitrogens with zero attached hydrogens (tertiary/aromatic N) is 2. The highest BCUT2D eigenvalue weighted by Crippen LogP contribution is 2.38. The summed E-state index contributed by atoms with van der Waals surface area (Å²) in [4.78, 5) is 16.7. The molecule has 31 heavy (non-hydrogen) atoms. The van der Waals surface area contributed by atoms with Crippen LogP contribution in [0.15, 0.2) is 36.4 Å². The van der Waals surface area contributed by atoms with E-state index in [2.05, 4.69) is 14.6 Å². The Hall–Kier alpha value is -3.36. The number of primary amides is 1. The second-order valence-corrected chi connectivity index (χ2v) is 7.90. The number of alkyl halides is 2. The van der Waals surface area contributed by atoms with Crippen molar-refractivity contribution in [2.45, 2.75) is 38.5 Å². The Morgan fingerprint density at radius 2 is 2.03 bits per heavy atom. The quantitative estimate of drug-likeness (QED) is 0.598. The first kappa shape index (κ1) is 19.6. The van der Waals surface area contributed by atoms with Gasteiger partial charge in [-0.25, -0.2) is 4.98 Å². The molecule has 1 atom stereocenters. The lowest BCUT2D eigenvalue weighted by molar-refractivity contribution is -0.119. The van der Waals surface area contributed by atoms with Crippen LogP contribution in [0, 0.1) is 5.92 Å². The van der Waals surface area contributed by atoms with E-state index in [0.29, 0.717) is 18.9 Å². The van der Waals surface area contributed by atoms with E-state index in [1.54, 1.807) is 12.1 Å². The first-order valence-electron chi connectivity index (χ1n) is 10.3. The van der Waals surface area contributed by atoms with Crippen molar-refractivity contribution in [3.8, 4) is 22.9 Å². The number of carbonyl (C=O) groups is 1. The van der Waals surface area contributed by atoms with Crippen molar-refractivity contribution in [2.24, 2.45) is 11.7 Å². The number of rotatable bonds is 7. The zero-order valence-electron chi connectivity index (χ0n) is 16.7. The molecule has 1 fully saturated rings. The molecule has 0 radical (unpaired) electrons. The molecule has 162 valence electrons. The molecule has 1 aliphatic heterocycles. The van der Waals surface area contributed by atoms with E-state index in [9.17, 15) is 13.6 Å². The Kier molecular flexibility index (Phi) is 4.88. The largest absolute Gasteiger partial charge is 0.491 e. The normalized spacial score (nSPS) is 16.6. The van der Waals surface area contributed by atoms with Gasteiger partial charge in [-0.3, -0.25) is 4.79 Å². The minimum absolute atomic E-state index is 0.0961. The van der Waals surface area contributed by atoms with Crippen LogP contribution in [0.5, 0.6) is 11.5 Å². The lowest BCUT2D eigenvalue weighted by Gasteiger charge is -2.17. The van der Waals surface area contributed by atoms with Gasteiger partial charge >= 0.3 is 6.61 Å². The third-order valence-corrected chi connectivity index (χ3v) is 5.65. The third-order valence-electron chi connectivity index (χ3n) is 5.65. The van der Waals surface area contributed by atoms with Crippen LogP contribution in [0.1, 0.15) is 19.3 Å². The van der Waals surface area contributed by atoms with E-state index in [-0.39, 0.29) is 17.6 Å². The number of nitrogens with one attached hydrogen (secondary N) is 1. The van der Waals surface area contributed by atoms with Gasteiger partial charge in [0.05, 0.1) is 12.1 Å². The van der Waals surface area contributed by atoms with Gasteiger partial charge in [0.25, 0.3) is 0 Å². The minimum Gasteiger partial charge on any atom is -0.491 e. The lowest BCUT2D eigenvalue weighted by atomic mass is 10.1. The average molecular weight is 428 g/mol. The average Bonchev–Trinajstić information content (AvgIpc) is 3.52. The summed E-state index contributed by atoms with van der Waals surface area (Å²) < 4.78 is 37.4. The Morgan fingerprint density at radius 1 is 1.26 bits per heavy atom. The number of halogens is 2. The summed E-state index contributed by atoms with van der Waals surface area (Å²) in [5, 5.41) is 3.25. The molecule has 0 saturated heterocycles. The van der Waals surface area contributed by atoms with Crippen LogP contribution in [0.4, 0.5) is 14.5 Å². The Morgan fingerprint density at radius 3 is 2.71 bits per heavy atom. The monoisotopic (exact) mass is 428 g/mol. The lowest BCUT2D eigenvalue weighted by Crippen LogP contribution is -2.37. The van der Waals surface area contributed by atoms with Crippen LogP contribution in [0.3, 0.4) is 0 Å². The van der Waals surface area contributed by atoms with E-state index < -0.39 is 12.7 Å². The van der Waals surface area contributed by atoms with Gasteiger partial charge in [0.2, 0.25) is 5.91 Å². The number of nitrogens with two attached hydrogens (primary N) is 1. The molecule has 1 aliphatic carbocycles. The molecular weight excluding hydrogens is 406 g/mol. The van der Waals surface area contributed by atoms with Gasteiger partial charge in [0, 0.05) is 23.9 Å². The Labute approximate surface area is 177 Å². The topological polar surface area (TPSA) is 91.4 Å². The van der Waals surface area contributed by atoms with E-state index >= 15 is 0 Å². The highest BCUT2D eigenvalue weighted by Gasteiger charge is 2.35. The second-order valence-electron chi connectivity index (χ2n) is 7.90. The first-order chi connectivity index (χ1) is 15.0. The first-order valence-corrected chi connectivity index (χ1v) is 10.3. The summed E-state index contributed by atoms with van der Waals surface area (Å²) in [5.74, 6) is 1.39. The number of anilines is 1. The van der Waals surface area contributed by atoms with Gasteiger partial charge in [-0.1, -0.05) is 0 Å². The van der Waals surface area contributed by atoms with Crippen LogP contribution >= 0.6 is 0 Å². The fraction of sp³-hybridized carbons (Fsp3) is 0.364. The number of aryl methyl sites for hydroxylation is 1. The van der Waals surface area contributed by atoms with Crippen molar-refractivity contribution >= 4 is 22.6 Å². The number of amides is 1. The second kappa shape index (κ2) is 7.72. The SMILES string of the molecule is NC(=O)C(Nc1cc2c3c(c1)nc(-c1ccc(OC(F)F)cc1)n3CCCO2)C1CC1. The van der Waals surface area contributed by atoms with Crippen molar-refractivity contribution in [3.05, 3.63) is 36.4 Å². The summed E-state index contributed by atoms with van der Waals surface area (Å²) in [5.41, 5.74) is 8.69. The molecule has 5 rings (SSSR count). The van der Waals surface area contributed by atoms with Crippen LogP contribution < -0.4 is 20.5 Å². The molecule has 9 heteroatoms. The van der Waals surface area contributed by atoms with Crippen molar-refractivity contribution in [3.63, 3.8) is 0 Å². The molecule has 3 N–H and O–H groups in total. The van der Waals surface area contributed by atoms with Gasteiger partial charge < -0.3 is 25.1 Å². The van der Waals surface area contributed by atoms with Gasteiger partial charge in [0.1, 0.15) is 28.9 Å². The number of ether oxygens (including phenoxy) is 2. The highest BCUT2D eigenvalue weighted by molar-refractivity contribution is 5.91. The summed E-state index contributed by atoms with van der Waals surface area (Å²) in [6, 6.07) is 9.78. The molecule has 1 aromatic heterocycles. The molecular formula is C22H22F2N4O3. The number of carbonyl (C=O) groups excluding carboxylic acids is 1. The van der Waals surface area contributed by atoms with Crippen LogP contribution in [0.25, 0.3) is 22.4 Å². The molecule has 2 aromatic carbocycles. The predicted molar refractivity (Wildman–Crippen MR) is 111 cm³/mol. The van der Waals surface area contributed by atoms with Crippen molar-refractivity contribution in [1.82, 2.24) is 9.55 Å². The molecule has 7 nitrogen and oxygen atoms in total. The maximum atomic E-state index is 12.4. The van der Waals surface area contributed by atoms with E-state index in [4.69, 9.17) is 15.5 Å². The Balaban J connectivity index is 1.54. The molecule has 3 aromatic rings. The van der Waals surface area contributed by atoms with Gasteiger partial charge in [0.15, 0.2) is 0 Å². The molecule has 0 bridgehead atoms. The maximum Gasteiger partial charge on any atom is 0.387 e. The van der Waals surface area contributed by atoms with Gasteiger partial charge in [-0.15, -0.1) is 0 Å². The predicted octanol–water partition coefficient (Wildman–Crippen LogP) is 3.76. The number of hydrogen-bond donors (Lipinski definition) is 2. The molecule has 1 unspecified atom stereocenters. The van der Waals surface area contributed by atoms with Crippen LogP contribution in [-0.2, 0) is 11.3 Å². The molecule has 1 saturated carbocycles. The number of imidazole rings is 1. The number of aromatic nitrogens is 2. The van der Waals surface area contributed by atoms with E-state index in [1.807, 2.05) is 12.1 Å². The third kappa shape index (κ3) is 3.87. The van der Waals surface area contributed by atoms with Gasteiger partial charge in [-0.05, 0) is 55.5 Å². The van der Waals surface area contributed by atoms with Gasteiger partial charge in [-0.2, -0.15) is 8.78 Å². The van der Waals surface area contributed by atoms with Crippen LogP contribution in [0.2, 0.25) is 0 Å². The summed E-state index contributed by atoms with van der Waals surface area (Å²) in [6.07, 6.45) is 2.76. The van der Waals surface area contributed by atoms with Crippen molar-refractivity contribution in [1.29, 1.82) is 0 Å². The summed E-state index contributed by atoms with van der Waals surface area (Å²) in [7, 11) is 0. The minimum atomic E-state index is -2.87. The van der Waals surface area contributed by atoms with Crippen molar-refractivity contribution in [2.75, 3.05) is 11.9 Å². The van der Waals surface area contributed by atoms with Crippen molar-refractivity contribution < 1.29 is 23.0 Å². The molecule has 1 amide bonds. The van der Waals surface area contributed by atoms with Crippen LogP contribution in [-0.4, -0.2) is 34.7 Å². The van der Waals surface area contributed by atoms with E-state index in [0.717, 1.165) is 47.4 Å². The fourth-order valence-corrected chi connectivity index (χ4v) is 4.08. The fourth-order valence-electron chi connectivity index (χ4n) is 4.08. The highest BCUT2D eigenvalue weighted by atomic mass is 19.3. The smallest absolute Gasteiger partial charge is 0.387 e. The number of benzene rings is 2. The molecule has 2 heterocycles. The summed E-state index contributed by atoms with van der Waals surface area (Å²) >= 11 is 0. The molecule has 2 aliphatic rings. The standard InChI is InChI=1S/C22H22F2N4O3/c23-22(24)31-15-6-4-13(5-7-15)21-27-16-10-14(26-18(20(25)29)12-2-3-12)11-17-19(16)28(21)8-1-9-30-17/h4-7,10-12,18,22,26H,1-3,8-9H2,(H2,25,29). The summed E-state index contributed by atoms with van der Waals surface area (Å²) in [6.45, 7) is -1.59. The van der Waals surface area contributed by atoms with E-state index in [1.165, 1.54) is 12.1 Å². The zero-order valence-corrected chi connectivity index (χ0v) is 16.7. The Bertz CT molecular complexity index is 1130.